The van der Waals surface area contributed by atoms with Crippen molar-refractivity contribution in [1.29, 1.82) is 0 Å². The fraction of sp³-hybridized carbons (Fsp3) is 0.326. The van der Waals surface area contributed by atoms with E-state index in [9.17, 15) is 28.0 Å². The van der Waals surface area contributed by atoms with Gasteiger partial charge in [-0.05, 0) is 66.9 Å². The summed E-state index contributed by atoms with van der Waals surface area (Å²) < 4.78 is 49.8. The zero-order valence-electron chi connectivity index (χ0n) is 33.5. The molecule has 1 N–H and O–H groups in total. The van der Waals surface area contributed by atoms with Gasteiger partial charge in [0, 0.05) is 68.8 Å². The van der Waals surface area contributed by atoms with E-state index in [2.05, 4.69) is 20.3 Å². The van der Waals surface area contributed by atoms with E-state index in [0.29, 0.717) is 71.3 Å². The lowest BCUT2D eigenvalue weighted by molar-refractivity contribution is -0.145. The number of pyridine rings is 3. The van der Waals surface area contributed by atoms with E-state index in [1.807, 2.05) is 24.8 Å². The first kappa shape index (κ1) is 43.7. The maximum absolute atomic E-state index is 15.7. The van der Waals surface area contributed by atoms with Gasteiger partial charge in [-0.1, -0.05) is 32.0 Å². The number of alkyl halides is 2. The van der Waals surface area contributed by atoms with E-state index >= 15 is 4.39 Å². The predicted octanol–water partition coefficient (Wildman–Crippen LogP) is 5.74. The lowest BCUT2D eigenvalue weighted by atomic mass is 9.99. The molecule has 1 saturated heterocycles. The summed E-state index contributed by atoms with van der Waals surface area (Å²) in [6, 6.07) is 13.7. The van der Waals surface area contributed by atoms with Crippen molar-refractivity contribution in [2.75, 3.05) is 37.8 Å². The molecule has 1 aliphatic heterocycles. The van der Waals surface area contributed by atoms with Crippen molar-refractivity contribution in [3.8, 4) is 5.69 Å². The fourth-order valence-electron chi connectivity index (χ4n) is 6.66. The molecule has 0 saturated carbocycles. The molecule has 2 aromatic carbocycles. The minimum Gasteiger partial charge on any atom is -0.464 e. The summed E-state index contributed by atoms with van der Waals surface area (Å²) in [4.78, 5) is 69.4. The Morgan fingerprint density at radius 1 is 0.949 bits per heavy atom. The molecule has 1 aliphatic rings. The van der Waals surface area contributed by atoms with Gasteiger partial charge in [-0.25, -0.2) is 27.3 Å². The summed E-state index contributed by atoms with van der Waals surface area (Å²) in [5.41, 5.74) is 2.12. The summed E-state index contributed by atoms with van der Waals surface area (Å²) >= 11 is 0. The molecule has 16 heteroatoms. The van der Waals surface area contributed by atoms with Gasteiger partial charge < -0.3 is 19.7 Å². The van der Waals surface area contributed by atoms with E-state index in [0.717, 1.165) is 17.1 Å². The van der Waals surface area contributed by atoms with Crippen LogP contribution < -0.4 is 21.5 Å². The number of carbonyl (C=O) groups excluding carboxylic acids is 2. The number of amides is 1. The van der Waals surface area contributed by atoms with Crippen LogP contribution in [0.15, 0.2) is 95.2 Å². The van der Waals surface area contributed by atoms with Crippen molar-refractivity contribution in [2.45, 2.75) is 53.0 Å². The van der Waals surface area contributed by atoms with Crippen LogP contribution in [0.3, 0.4) is 0 Å². The number of nitrogens with zero attached hydrogens (tertiary/aromatic N) is 6. The number of rotatable bonds is 10. The van der Waals surface area contributed by atoms with Gasteiger partial charge in [0.15, 0.2) is 0 Å². The molecule has 6 aromatic rings. The summed E-state index contributed by atoms with van der Waals surface area (Å²) in [7, 11) is 1.56. The maximum Gasteiger partial charge on any atom is 0.335 e. The van der Waals surface area contributed by atoms with Gasteiger partial charge in [0.05, 0.1) is 53.7 Å². The SMILES string of the molecule is CC.CC(F)F.Cc1cc(N2CCOCC2)cc(F)c1C(=O)NC(Cc1ccc(-n2c(=O)c3ccncc3n(C)c2=O)c2ncccc12)C(=O)OCCc1cccnc1. The number of anilines is 1. The smallest absolute Gasteiger partial charge is 0.335 e. The van der Waals surface area contributed by atoms with E-state index < -0.39 is 41.4 Å². The normalized spacial score (nSPS) is 12.9. The maximum atomic E-state index is 15.7. The number of nitrogens with one attached hydrogen (secondary N) is 1. The average Bonchev–Trinajstić information content (AvgIpc) is 3.24. The zero-order valence-corrected chi connectivity index (χ0v) is 33.5. The minimum absolute atomic E-state index is 0.0173. The standard InChI is InChI=1S/C39H36FN7O6.C2H4F2.C2H6/c1-24-19-27(46-14-17-52-18-15-46)21-30(40)34(24)36(48)44-31(38(50)53-16-10-25-5-3-11-41-22-25)20-26-7-8-32(35-28(26)6-4-12-43-35)47-37(49)29-9-13-42-23-33(29)45(2)39(47)51;1-2(3)4;1-2/h3-9,11-13,19,21-23,31H,10,14-18,20H2,1-2H3,(H,44,48);2H,1H3;1-2H3. The van der Waals surface area contributed by atoms with Crippen LogP contribution in [0.25, 0.3) is 27.5 Å². The quantitative estimate of drug-likeness (QED) is 0.170. The summed E-state index contributed by atoms with van der Waals surface area (Å²) in [6.45, 7) is 8.74. The van der Waals surface area contributed by atoms with Crippen molar-refractivity contribution in [3.05, 3.63) is 134 Å². The first-order valence-electron chi connectivity index (χ1n) is 19.1. The van der Waals surface area contributed by atoms with Gasteiger partial charge in [0.25, 0.3) is 11.5 Å². The molecule has 0 bridgehead atoms. The Hall–Kier alpha value is -6.42. The van der Waals surface area contributed by atoms with Crippen molar-refractivity contribution in [2.24, 2.45) is 7.05 Å². The fourth-order valence-corrected chi connectivity index (χ4v) is 6.66. The Balaban J connectivity index is 0.00000104. The lowest BCUT2D eigenvalue weighted by Gasteiger charge is -2.29. The van der Waals surface area contributed by atoms with Crippen LogP contribution in [0.4, 0.5) is 18.9 Å². The number of halogens is 3. The van der Waals surface area contributed by atoms with Gasteiger partial charge in [0.2, 0.25) is 6.43 Å². The van der Waals surface area contributed by atoms with E-state index in [4.69, 9.17) is 9.47 Å². The molecule has 310 valence electrons. The number of aromatic nitrogens is 5. The average molecular weight is 814 g/mol. The highest BCUT2D eigenvalue weighted by molar-refractivity contribution is 5.99. The first-order chi connectivity index (χ1) is 28.4. The molecule has 5 heterocycles. The molecular weight excluding hydrogens is 768 g/mol. The van der Waals surface area contributed by atoms with Gasteiger partial charge in [-0.2, -0.15) is 0 Å². The topological polar surface area (TPSA) is 151 Å². The Kier molecular flexibility index (Phi) is 15.1. The molecule has 0 aliphatic carbocycles. The highest BCUT2D eigenvalue weighted by Gasteiger charge is 2.28. The number of benzene rings is 2. The van der Waals surface area contributed by atoms with Crippen molar-refractivity contribution >= 4 is 39.4 Å². The number of hydrogen-bond acceptors (Lipinski definition) is 10. The molecule has 13 nitrogen and oxygen atoms in total. The monoisotopic (exact) mass is 813 g/mol. The largest absolute Gasteiger partial charge is 0.464 e. The van der Waals surface area contributed by atoms with Crippen LogP contribution in [-0.4, -0.2) is 81.3 Å². The van der Waals surface area contributed by atoms with Crippen molar-refractivity contribution in [1.82, 2.24) is 29.4 Å². The Bertz CT molecular complexity index is 2500. The summed E-state index contributed by atoms with van der Waals surface area (Å²) in [6.07, 6.45) is 5.95. The Morgan fingerprint density at radius 3 is 2.36 bits per heavy atom. The Morgan fingerprint density at radius 2 is 1.66 bits per heavy atom. The number of fused-ring (bicyclic) bond motifs is 2. The zero-order chi connectivity index (χ0) is 42.6. The first-order valence-corrected chi connectivity index (χ1v) is 19.1. The highest BCUT2D eigenvalue weighted by Crippen LogP contribution is 2.26. The number of hydrogen-bond donors (Lipinski definition) is 1. The second kappa shape index (κ2) is 20.3. The second-order valence-corrected chi connectivity index (χ2v) is 13.3. The number of esters is 1. The summed E-state index contributed by atoms with van der Waals surface area (Å²) in [5, 5.41) is 3.57. The van der Waals surface area contributed by atoms with Gasteiger partial charge in [-0.3, -0.25) is 29.1 Å². The van der Waals surface area contributed by atoms with Crippen LogP contribution in [0.2, 0.25) is 0 Å². The molecule has 1 fully saturated rings. The highest BCUT2D eigenvalue weighted by atomic mass is 19.3. The van der Waals surface area contributed by atoms with Crippen LogP contribution >= 0.6 is 0 Å². The van der Waals surface area contributed by atoms with Crippen LogP contribution in [0.5, 0.6) is 0 Å². The Labute approximate surface area is 338 Å². The third-order valence-electron chi connectivity index (χ3n) is 9.40. The molecule has 7 rings (SSSR count). The molecule has 4 aromatic heterocycles. The van der Waals surface area contributed by atoms with Crippen LogP contribution in [0.1, 0.15) is 47.8 Å². The number of carbonyl (C=O) groups is 2. The molecule has 1 unspecified atom stereocenters. The molecule has 0 radical (unpaired) electrons. The number of aryl methyl sites for hydroxylation is 2. The minimum atomic E-state index is -2.17. The van der Waals surface area contributed by atoms with Gasteiger partial charge >= 0.3 is 11.7 Å². The van der Waals surface area contributed by atoms with Gasteiger partial charge in [-0.15, -0.1) is 0 Å². The predicted molar refractivity (Wildman–Crippen MR) is 219 cm³/mol. The van der Waals surface area contributed by atoms with Crippen LogP contribution in [0, 0.1) is 12.7 Å². The third-order valence-corrected chi connectivity index (χ3v) is 9.40. The molecule has 1 amide bonds. The van der Waals surface area contributed by atoms with Crippen LogP contribution in [-0.2, 0) is 34.2 Å². The number of morpholine rings is 1. The van der Waals surface area contributed by atoms with Crippen molar-refractivity contribution in [3.63, 3.8) is 0 Å². The van der Waals surface area contributed by atoms with Crippen molar-refractivity contribution < 1.29 is 32.2 Å². The molecule has 0 spiro atoms. The lowest BCUT2D eigenvalue weighted by Crippen LogP contribution is -2.44. The molecule has 59 heavy (non-hydrogen) atoms. The number of ether oxygens (including phenoxy) is 2. The third kappa shape index (κ3) is 10.4. The van der Waals surface area contributed by atoms with E-state index in [1.165, 1.54) is 29.2 Å². The van der Waals surface area contributed by atoms with E-state index in [1.54, 1.807) is 68.8 Å². The van der Waals surface area contributed by atoms with Gasteiger partial charge in [0.1, 0.15) is 11.9 Å². The molecule has 1 atom stereocenters. The molecular formula is C43H46F3N7O6. The van der Waals surface area contributed by atoms with E-state index in [-0.39, 0.29) is 24.3 Å². The summed E-state index contributed by atoms with van der Waals surface area (Å²) in [5.74, 6) is -2.22. The second-order valence-electron chi connectivity index (χ2n) is 13.3.